The van der Waals surface area contributed by atoms with Gasteiger partial charge in [-0.1, -0.05) is 18.2 Å². The molecule has 2 aromatic rings. The molecular weight excluding hydrogens is 510 g/mol. The maximum absolute atomic E-state index is 13.2. The van der Waals surface area contributed by atoms with Crippen LogP contribution in [0.4, 0.5) is 0 Å². The molecule has 13 N–H and O–H groups in total. The van der Waals surface area contributed by atoms with Crippen molar-refractivity contribution in [3.05, 3.63) is 36.0 Å². The van der Waals surface area contributed by atoms with Crippen LogP contribution in [-0.2, 0) is 30.4 Å². The van der Waals surface area contributed by atoms with E-state index in [2.05, 4.69) is 25.9 Å². The van der Waals surface area contributed by atoms with Crippen molar-refractivity contribution >= 4 is 46.5 Å². The van der Waals surface area contributed by atoms with Crippen molar-refractivity contribution in [3.8, 4) is 0 Å². The van der Waals surface area contributed by atoms with Gasteiger partial charge >= 0.3 is 5.97 Å². The number of aromatic nitrogens is 1. The van der Waals surface area contributed by atoms with Crippen LogP contribution in [0.25, 0.3) is 10.9 Å². The van der Waals surface area contributed by atoms with E-state index in [1.54, 1.807) is 6.20 Å². The third-order valence-corrected chi connectivity index (χ3v) is 5.80. The van der Waals surface area contributed by atoms with Gasteiger partial charge in [0.15, 0.2) is 5.96 Å². The molecule has 0 radical (unpaired) electrons. The number of guanidine groups is 1. The smallest absolute Gasteiger partial charge is 0.326 e. The SMILES string of the molecule is CC(NC(=O)C(Cc1c[nH]c2ccccc12)NC(=O)C(N)CC(N)=O)C(=O)NC(CCCN=C(N)N)C(=O)O. The summed E-state index contributed by atoms with van der Waals surface area (Å²) in [4.78, 5) is 68.1. The molecule has 15 heteroatoms. The van der Waals surface area contributed by atoms with Crippen LogP contribution in [0.15, 0.2) is 35.5 Å². The number of carboxylic acid groups (broad SMARTS) is 1. The first-order valence-electron chi connectivity index (χ1n) is 12.2. The average molecular weight is 546 g/mol. The molecule has 39 heavy (non-hydrogen) atoms. The predicted octanol–water partition coefficient (Wildman–Crippen LogP) is -2.47. The molecule has 0 aliphatic rings. The fraction of sp³-hybridized carbons (Fsp3) is 0.417. The van der Waals surface area contributed by atoms with E-state index >= 15 is 0 Å². The molecule has 0 saturated heterocycles. The van der Waals surface area contributed by atoms with Gasteiger partial charge in [0.1, 0.15) is 18.1 Å². The lowest BCUT2D eigenvalue weighted by Gasteiger charge is -2.23. The number of H-pyrrole nitrogens is 1. The van der Waals surface area contributed by atoms with Crippen LogP contribution in [0, 0.1) is 0 Å². The largest absolute Gasteiger partial charge is 0.480 e. The Morgan fingerprint density at radius 2 is 1.64 bits per heavy atom. The highest BCUT2D eigenvalue weighted by molar-refractivity contribution is 5.95. The maximum atomic E-state index is 13.2. The molecule has 1 heterocycles. The Labute approximate surface area is 224 Å². The number of fused-ring (bicyclic) bond motifs is 1. The molecule has 0 fully saturated rings. The molecule has 0 aliphatic heterocycles. The number of nitrogens with two attached hydrogens (primary N) is 4. The van der Waals surface area contributed by atoms with Crippen LogP contribution < -0.4 is 38.9 Å². The van der Waals surface area contributed by atoms with E-state index in [9.17, 15) is 29.1 Å². The number of hydrogen-bond donors (Lipinski definition) is 9. The minimum atomic E-state index is -1.28. The first kappa shape index (κ1) is 30.6. The quantitative estimate of drug-likeness (QED) is 0.0650. The molecule has 0 aliphatic carbocycles. The van der Waals surface area contributed by atoms with E-state index in [-0.39, 0.29) is 25.3 Å². The molecule has 2 rings (SSSR count). The first-order chi connectivity index (χ1) is 18.4. The zero-order valence-electron chi connectivity index (χ0n) is 21.5. The fourth-order valence-corrected chi connectivity index (χ4v) is 3.76. The molecule has 0 spiro atoms. The number of carbonyl (C=O) groups is 5. The van der Waals surface area contributed by atoms with E-state index in [1.165, 1.54) is 6.92 Å². The molecule has 15 nitrogen and oxygen atoms in total. The number of aliphatic carboxylic acids is 1. The van der Waals surface area contributed by atoms with E-state index in [0.29, 0.717) is 12.0 Å². The molecule has 0 saturated carbocycles. The van der Waals surface area contributed by atoms with Crippen molar-refractivity contribution in [3.63, 3.8) is 0 Å². The summed E-state index contributed by atoms with van der Waals surface area (Å²) in [6, 6.07) is 2.49. The first-order valence-corrected chi connectivity index (χ1v) is 12.2. The van der Waals surface area contributed by atoms with Gasteiger partial charge in [-0.15, -0.1) is 0 Å². The Kier molecular flexibility index (Phi) is 11.2. The maximum Gasteiger partial charge on any atom is 0.326 e. The highest BCUT2D eigenvalue weighted by atomic mass is 16.4. The summed E-state index contributed by atoms with van der Waals surface area (Å²) in [6.07, 6.45) is 1.64. The topological polar surface area (TPSA) is 274 Å². The Balaban J connectivity index is 2.12. The second kappa shape index (κ2) is 14.3. The molecule has 1 aromatic carbocycles. The van der Waals surface area contributed by atoms with Crippen LogP contribution in [0.2, 0.25) is 0 Å². The lowest BCUT2D eigenvalue weighted by Crippen LogP contribution is -2.57. The molecular formula is C24H35N9O6. The normalized spacial score (nSPS) is 13.9. The molecule has 4 amide bonds. The van der Waals surface area contributed by atoms with Crippen LogP contribution in [0.5, 0.6) is 0 Å². The standard InChI is InChI=1S/C24H35N9O6/c1-12(20(35)32-17(23(38)39)7-4-8-29-24(27)28)31-22(37)18(33-21(36)15(25)10-19(26)34)9-13-11-30-16-6-3-2-5-14(13)16/h2-3,5-6,11-12,15,17-18,30H,4,7-10,25H2,1H3,(H2,26,34)(H,31,37)(H,32,35)(H,33,36)(H,38,39)(H4,27,28,29). The summed E-state index contributed by atoms with van der Waals surface area (Å²) >= 11 is 0. The summed E-state index contributed by atoms with van der Waals surface area (Å²) in [6.45, 7) is 1.55. The Bertz CT molecular complexity index is 1220. The third kappa shape index (κ3) is 9.62. The highest BCUT2D eigenvalue weighted by Crippen LogP contribution is 2.19. The fourth-order valence-electron chi connectivity index (χ4n) is 3.76. The zero-order valence-corrected chi connectivity index (χ0v) is 21.5. The summed E-state index contributed by atoms with van der Waals surface area (Å²) in [5.74, 6) is -4.43. The van der Waals surface area contributed by atoms with Gasteiger partial charge in [-0.3, -0.25) is 24.2 Å². The number of nitrogens with zero attached hydrogens (tertiary/aromatic N) is 1. The van der Waals surface area contributed by atoms with Crippen molar-refractivity contribution in [1.82, 2.24) is 20.9 Å². The van der Waals surface area contributed by atoms with Gasteiger partial charge in [-0.05, 0) is 31.4 Å². The number of para-hydroxylation sites is 1. The van der Waals surface area contributed by atoms with Gasteiger partial charge in [0.25, 0.3) is 0 Å². The predicted molar refractivity (Wildman–Crippen MR) is 143 cm³/mol. The van der Waals surface area contributed by atoms with E-state index in [4.69, 9.17) is 22.9 Å². The van der Waals surface area contributed by atoms with Gasteiger partial charge in [0.05, 0.1) is 12.5 Å². The molecule has 0 bridgehead atoms. The lowest BCUT2D eigenvalue weighted by molar-refractivity contribution is -0.142. The van der Waals surface area contributed by atoms with Gasteiger partial charge in [0.2, 0.25) is 23.6 Å². The third-order valence-electron chi connectivity index (χ3n) is 5.80. The number of aromatic amines is 1. The number of benzene rings is 1. The Hall–Kier alpha value is -4.66. The van der Waals surface area contributed by atoms with E-state index < -0.39 is 60.2 Å². The average Bonchev–Trinajstić information content (AvgIpc) is 3.27. The number of carbonyl (C=O) groups excluding carboxylic acids is 4. The van der Waals surface area contributed by atoms with Crippen molar-refractivity contribution < 1.29 is 29.1 Å². The minimum absolute atomic E-state index is 0.0295. The van der Waals surface area contributed by atoms with Gasteiger partial charge in [-0.25, -0.2) is 4.79 Å². The number of hydrogen-bond acceptors (Lipinski definition) is 7. The van der Waals surface area contributed by atoms with Crippen molar-refractivity contribution in [2.75, 3.05) is 6.54 Å². The van der Waals surface area contributed by atoms with Crippen molar-refractivity contribution in [1.29, 1.82) is 0 Å². The summed E-state index contributed by atoms with van der Waals surface area (Å²) in [5, 5.41) is 17.6. The Morgan fingerprint density at radius 3 is 2.28 bits per heavy atom. The number of primary amides is 1. The number of amides is 4. The molecule has 212 valence electrons. The van der Waals surface area contributed by atoms with Crippen LogP contribution in [-0.4, -0.2) is 76.4 Å². The highest BCUT2D eigenvalue weighted by Gasteiger charge is 2.29. The monoisotopic (exact) mass is 545 g/mol. The minimum Gasteiger partial charge on any atom is -0.480 e. The van der Waals surface area contributed by atoms with Crippen LogP contribution in [0.3, 0.4) is 0 Å². The summed E-state index contributed by atoms with van der Waals surface area (Å²) < 4.78 is 0. The van der Waals surface area contributed by atoms with Crippen molar-refractivity contribution in [2.24, 2.45) is 27.9 Å². The molecule has 4 atom stereocenters. The molecule has 4 unspecified atom stereocenters. The number of nitrogens with one attached hydrogen (secondary N) is 4. The van der Waals surface area contributed by atoms with Crippen molar-refractivity contribution in [2.45, 2.75) is 56.8 Å². The van der Waals surface area contributed by atoms with E-state index in [1.807, 2.05) is 24.3 Å². The van der Waals surface area contributed by atoms with Crippen LogP contribution in [0.1, 0.15) is 31.7 Å². The van der Waals surface area contributed by atoms with Gasteiger partial charge in [0, 0.05) is 30.1 Å². The second-order valence-corrected chi connectivity index (χ2v) is 8.98. The lowest BCUT2D eigenvalue weighted by atomic mass is 10.0. The number of aliphatic imine (C=N–C) groups is 1. The molecule has 1 aromatic heterocycles. The number of rotatable bonds is 15. The Morgan fingerprint density at radius 1 is 0.974 bits per heavy atom. The van der Waals surface area contributed by atoms with Crippen LogP contribution >= 0.6 is 0 Å². The summed E-state index contributed by atoms with van der Waals surface area (Å²) in [5.41, 5.74) is 22.9. The second-order valence-electron chi connectivity index (χ2n) is 8.98. The van der Waals surface area contributed by atoms with E-state index in [0.717, 1.165) is 10.9 Å². The van der Waals surface area contributed by atoms with Gasteiger partial charge < -0.3 is 49.0 Å². The summed E-state index contributed by atoms with van der Waals surface area (Å²) in [7, 11) is 0. The van der Waals surface area contributed by atoms with Gasteiger partial charge in [-0.2, -0.15) is 0 Å². The zero-order chi connectivity index (χ0) is 29.1. The number of carboxylic acids is 1.